The van der Waals surface area contributed by atoms with Gasteiger partial charge in [-0.1, -0.05) is 121 Å². The van der Waals surface area contributed by atoms with Gasteiger partial charge in [0.15, 0.2) is 0 Å². The van der Waals surface area contributed by atoms with Crippen LogP contribution in [0.4, 0.5) is 11.4 Å². The summed E-state index contributed by atoms with van der Waals surface area (Å²) in [7, 11) is 0. The summed E-state index contributed by atoms with van der Waals surface area (Å²) in [5.41, 5.74) is 9.66. The first-order chi connectivity index (χ1) is 18.8. The Morgan fingerprint density at radius 3 is 1.53 bits per heavy atom. The van der Waals surface area contributed by atoms with Crippen LogP contribution in [0.5, 0.6) is 0 Å². The molecule has 0 spiro atoms. The van der Waals surface area contributed by atoms with Crippen molar-refractivity contribution in [1.82, 2.24) is 0 Å². The first-order valence-electron chi connectivity index (χ1n) is 12.9. The summed E-state index contributed by atoms with van der Waals surface area (Å²) in [5.74, 6) is 0. The van der Waals surface area contributed by atoms with Gasteiger partial charge < -0.3 is 5.32 Å². The van der Waals surface area contributed by atoms with Gasteiger partial charge in [-0.15, -0.1) is 11.3 Å². The number of fused-ring (bicyclic) bond motifs is 3. The lowest BCUT2D eigenvalue weighted by molar-refractivity contribution is 1.54. The van der Waals surface area contributed by atoms with Crippen LogP contribution in [-0.4, -0.2) is 0 Å². The summed E-state index contributed by atoms with van der Waals surface area (Å²) in [5, 5.41) is 6.22. The molecule has 38 heavy (non-hydrogen) atoms. The van der Waals surface area contributed by atoms with Crippen LogP contribution in [0.3, 0.4) is 0 Å². The summed E-state index contributed by atoms with van der Waals surface area (Å²) in [4.78, 5) is 0. The molecule has 0 fully saturated rings. The Morgan fingerprint density at radius 1 is 0.368 bits per heavy atom. The number of anilines is 2. The van der Waals surface area contributed by atoms with Crippen LogP contribution in [-0.2, 0) is 0 Å². The second-order valence-electron chi connectivity index (χ2n) is 9.48. The van der Waals surface area contributed by atoms with E-state index in [1.54, 1.807) is 0 Å². The van der Waals surface area contributed by atoms with E-state index in [1.807, 2.05) is 11.3 Å². The maximum Gasteiger partial charge on any atom is 0.0434 e. The number of hydrogen-bond acceptors (Lipinski definition) is 2. The van der Waals surface area contributed by atoms with Crippen molar-refractivity contribution in [2.45, 2.75) is 0 Å². The Morgan fingerprint density at radius 2 is 0.895 bits per heavy atom. The van der Waals surface area contributed by atoms with Gasteiger partial charge in [0.2, 0.25) is 0 Å². The van der Waals surface area contributed by atoms with Crippen molar-refractivity contribution in [3.8, 4) is 33.4 Å². The predicted molar refractivity (Wildman–Crippen MR) is 165 cm³/mol. The minimum absolute atomic E-state index is 1.08. The highest BCUT2D eigenvalue weighted by Crippen LogP contribution is 2.43. The smallest absolute Gasteiger partial charge is 0.0434 e. The number of thiophene rings is 1. The van der Waals surface area contributed by atoms with E-state index in [9.17, 15) is 0 Å². The van der Waals surface area contributed by atoms with Gasteiger partial charge in [0.1, 0.15) is 0 Å². The van der Waals surface area contributed by atoms with Crippen LogP contribution in [0, 0.1) is 0 Å². The zero-order valence-electron chi connectivity index (χ0n) is 20.8. The second-order valence-corrected chi connectivity index (χ2v) is 10.5. The summed E-state index contributed by atoms with van der Waals surface area (Å²) in [6, 6.07) is 51.9. The third kappa shape index (κ3) is 4.15. The molecular formula is C36H25NS. The van der Waals surface area contributed by atoms with E-state index >= 15 is 0 Å². The summed E-state index contributed by atoms with van der Waals surface area (Å²) in [6.45, 7) is 0. The lowest BCUT2D eigenvalue weighted by atomic mass is 10.00. The largest absolute Gasteiger partial charge is 0.356 e. The van der Waals surface area contributed by atoms with E-state index in [2.05, 4.69) is 151 Å². The molecule has 1 heterocycles. The van der Waals surface area contributed by atoms with Crippen LogP contribution >= 0.6 is 11.3 Å². The highest BCUT2D eigenvalue weighted by atomic mass is 32.1. The van der Waals surface area contributed by atoms with E-state index in [0.29, 0.717) is 0 Å². The monoisotopic (exact) mass is 503 g/mol. The topological polar surface area (TPSA) is 12.0 Å². The molecule has 0 aliphatic rings. The second kappa shape index (κ2) is 9.66. The average Bonchev–Trinajstić information content (AvgIpc) is 3.38. The maximum atomic E-state index is 3.58. The highest BCUT2D eigenvalue weighted by molar-refractivity contribution is 7.26. The quantitative estimate of drug-likeness (QED) is 0.246. The van der Waals surface area contributed by atoms with Crippen molar-refractivity contribution in [3.63, 3.8) is 0 Å². The molecule has 1 aromatic heterocycles. The lowest BCUT2D eigenvalue weighted by Gasteiger charge is -2.10. The summed E-state index contributed by atoms with van der Waals surface area (Å²) >= 11 is 1.90. The molecule has 0 bridgehead atoms. The Bertz CT molecular complexity index is 1870. The van der Waals surface area contributed by atoms with Gasteiger partial charge in [0.25, 0.3) is 0 Å². The van der Waals surface area contributed by atoms with Gasteiger partial charge in [0.05, 0.1) is 0 Å². The normalized spacial score (nSPS) is 11.2. The van der Waals surface area contributed by atoms with E-state index in [4.69, 9.17) is 0 Å². The maximum absolute atomic E-state index is 3.58. The molecule has 0 atom stereocenters. The standard InChI is InChI=1S/C36H25NS/c1-3-10-25(11-4-1)28-14-7-15-30(24-28)37-29-22-20-27(21-23-29)32-17-9-19-34-33-18-8-16-31(35(33)38-36(32)34)26-12-5-2-6-13-26/h1-24,37H. The molecule has 2 heteroatoms. The van der Waals surface area contributed by atoms with Crippen molar-refractivity contribution in [2.24, 2.45) is 0 Å². The van der Waals surface area contributed by atoms with Crippen LogP contribution < -0.4 is 5.32 Å². The van der Waals surface area contributed by atoms with Gasteiger partial charge in [0, 0.05) is 31.5 Å². The van der Waals surface area contributed by atoms with Crippen molar-refractivity contribution in [3.05, 3.63) is 146 Å². The first-order valence-corrected chi connectivity index (χ1v) is 13.7. The van der Waals surface area contributed by atoms with E-state index in [1.165, 1.54) is 53.6 Å². The van der Waals surface area contributed by atoms with Crippen molar-refractivity contribution >= 4 is 42.9 Å². The lowest BCUT2D eigenvalue weighted by Crippen LogP contribution is -1.90. The van der Waals surface area contributed by atoms with Crippen LogP contribution in [0.2, 0.25) is 0 Å². The third-order valence-corrected chi connectivity index (χ3v) is 8.35. The fourth-order valence-corrected chi connectivity index (χ4v) is 6.57. The number of hydrogen-bond donors (Lipinski definition) is 1. The van der Waals surface area contributed by atoms with Crippen LogP contribution in [0.1, 0.15) is 0 Å². The first kappa shape index (κ1) is 22.5. The van der Waals surface area contributed by atoms with Crippen LogP contribution in [0.15, 0.2) is 146 Å². The zero-order valence-corrected chi connectivity index (χ0v) is 21.6. The van der Waals surface area contributed by atoms with Gasteiger partial charge in [-0.3, -0.25) is 0 Å². The van der Waals surface area contributed by atoms with E-state index in [-0.39, 0.29) is 0 Å². The molecule has 1 nitrogen and oxygen atoms in total. The molecule has 0 saturated heterocycles. The Labute approximate surface area is 226 Å². The Balaban J connectivity index is 1.23. The highest BCUT2D eigenvalue weighted by Gasteiger charge is 2.13. The van der Waals surface area contributed by atoms with Crippen molar-refractivity contribution < 1.29 is 0 Å². The van der Waals surface area contributed by atoms with Gasteiger partial charge >= 0.3 is 0 Å². The fourth-order valence-electron chi connectivity index (χ4n) is 5.20. The molecule has 0 saturated carbocycles. The van der Waals surface area contributed by atoms with E-state index < -0.39 is 0 Å². The van der Waals surface area contributed by atoms with Gasteiger partial charge in [-0.05, 0) is 57.6 Å². The van der Waals surface area contributed by atoms with E-state index in [0.717, 1.165) is 11.4 Å². The summed E-state index contributed by atoms with van der Waals surface area (Å²) < 4.78 is 2.68. The van der Waals surface area contributed by atoms with Crippen LogP contribution in [0.25, 0.3) is 53.6 Å². The number of benzene rings is 6. The molecule has 7 aromatic rings. The molecule has 1 N–H and O–H groups in total. The molecule has 6 aromatic carbocycles. The van der Waals surface area contributed by atoms with Crippen molar-refractivity contribution in [1.29, 1.82) is 0 Å². The van der Waals surface area contributed by atoms with Gasteiger partial charge in [-0.25, -0.2) is 0 Å². The molecule has 0 unspecified atom stereocenters. The fraction of sp³-hybridized carbons (Fsp3) is 0. The molecular weight excluding hydrogens is 478 g/mol. The minimum atomic E-state index is 1.08. The average molecular weight is 504 g/mol. The SMILES string of the molecule is c1ccc(-c2cccc(Nc3ccc(-c4cccc5c4sc4c(-c6ccccc6)cccc45)cc3)c2)cc1. The van der Waals surface area contributed by atoms with Crippen molar-refractivity contribution in [2.75, 3.05) is 5.32 Å². The third-order valence-electron chi connectivity index (χ3n) is 7.06. The number of nitrogens with one attached hydrogen (secondary N) is 1. The van der Waals surface area contributed by atoms with Gasteiger partial charge in [-0.2, -0.15) is 0 Å². The minimum Gasteiger partial charge on any atom is -0.356 e. The molecule has 7 rings (SSSR count). The predicted octanol–water partition coefficient (Wildman–Crippen LogP) is 10.8. The molecule has 0 aliphatic carbocycles. The number of rotatable bonds is 5. The molecule has 180 valence electrons. The molecule has 0 radical (unpaired) electrons. The summed E-state index contributed by atoms with van der Waals surface area (Å²) in [6.07, 6.45) is 0. The Kier molecular flexibility index (Phi) is 5.73. The zero-order chi connectivity index (χ0) is 25.3. The molecule has 0 aliphatic heterocycles. The Hall–Kier alpha value is -4.66. The molecule has 0 amide bonds.